The molecule has 1 fully saturated rings. The van der Waals surface area contributed by atoms with Crippen LogP contribution in [-0.2, 0) is 13.0 Å². The standard InChI is InChI=1S/C14H19N.C4H10.CH4O/c1-2-6-13-11-15(10-9-12(13)5-1)14-7-3-4-8-14;1-4(2)3;1-2/h1-2,5-6,14H,3-4,7-11H2;4H,1-3H3;2H,1H3. The molecule has 1 aromatic rings. The molecular formula is C19H33NO. The van der Waals surface area contributed by atoms with Crippen LogP contribution >= 0.6 is 0 Å². The molecule has 0 aromatic heterocycles. The normalized spacial score (nSPS) is 18.4. The van der Waals surface area contributed by atoms with E-state index in [1.165, 1.54) is 45.2 Å². The van der Waals surface area contributed by atoms with Gasteiger partial charge in [-0.25, -0.2) is 0 Å². The maximum Gasteiger partial charge on any atom is 0.0319 e. The van der Waals surface area contributed by atoms with Crippen LogP contribution in [0.1, 0.15) is 57.6 Å². The summed E-state index contributed by atoms with van der Waals surface area (Å²) >= 11 is 0. The van der Waals surface area contributed by atoms with Gasteiger partial charge in [0.25, 0.3) is 0 Å². The quantitative estimate of drug-likeness (QED) is 0.836. The van der Waals surface area contributed by atoms with Gasteiger partial charge in [-0.3, -0.25) is 4.90 Å². The van der Waals surface area contributed by atoms with Gasteiger partial charge >= 0.3 is 0 Å². The van der Waals surface area contributed by atoms with Crippen molar-refractivity contribution >= 4 is 0 Å². The highest BCUT2D eigenvalue weighted by atomic mass is 16.2. The van der Waals surface area contributed by atoms with E-state index in [1.54, 1.807) is 11.1 Å². The van der Waals surface area contributed by atoms with E-state index in [0.29, 0.717) is 0 Å². The molecule has 0 radical (unpaired) electrons. The molecule has 2 aliphatic rings. The summed E-state index contributed by atoms with van der Waals surface area (Å²) in [6.45, 7) is 8.97. The molecule has 1 saturated carbocycles. The molecule has 120 valence electrons. The fourth-order valence-electron chi connectivity index (χ4n) is 3.10. The van der Waals surface area contributed by atoms with Gasteiger partial charge in [-0.15, -0.1) is 0 Å². The van der Waals surface area contributed by atoms with Gasteiger partial charge in [0, 0.05) is 26.2 Å². The molecule has 1 aliphatic carbocycles. The first kappa shape index (κ1) is 18.2. The fraction of sp³-hybridized carbons (Fsp3) is 0.684. The largest absolute Gasteiger partial charge is 0.400 e. The summed E-state index contributed by atoms with van der Waals surface area (Å²) in [7, 11) is 1.00. The maximum atomic E-state index is 7.00. The molecule has 1 aliphatic heterocycles. The number of aliphatic hydroxyl groups excluding tert-OH is 1. The van der Waals surface area contributed by atoms with E-state index in [2.05, 4.69) is 49.9 Å². The van der Waals surface area contributed by atoms with E-state index in [9.17, 15) is 0 Å². The van der Waals surface area contributed by atoms with Gasteiger partial charge in [0.1, 0.15) is 0 Å². The van der Waals surface area contributed by atoms with Crippen LogP contribution in [0, 0.1) is 5.92 Å². The van der Waals surface area contributed by atoms with Crippen LogP contribution in [0.2, 0.25) is 0 Å². The van der Waals surface area contributed by atoms with Crippen molar-refractivity contribution in [3.63, 3.8) is 0 Å². The lowest BCUT2D eigenvalue weighted by atomic mass is 9.98. The van der Waals surface area contributed by atoms with Gasteiger partial charge < -0.3 is 5.11 Å². The minimum absolute atomic E-state index is 0.833. The molecule has 0 spiro atoms. The molecule has 0 saturated heterocycles. The smallest absolute Gasteiger partial charge is 0.0319 e. The molecule has 1 heterocycles. The van der Waals surface area contributed by atoms with Crippen LogP contribution in [0.4, 0.5) is 0 Å². The highest BCUT2D eigenvalue weighted by Crippen LogP contribution is 2.28. The number of aliphatic hydroxyl groups is 1. The first-order valence-electron chi connectivity index (χ1n) is 8.42. The summed E-state index contributed by atoms with van der Waals surface area (Å²) < 4.78 is 0. The summed E-state index contributed by atoms with van der Waals surface area (Å²) in [6, 6.07) is 9.83. The Morgan fingerprint density at radius 3 is 2.10 bits per heavy atom. The average Bonchev–Trinajstić information content (AvgIpc) is 3.02. The van der Waals surface area contributed by atoms with E-state index >= 15 is 0 Å². The molecule has 2 heteroatoms. The van der Waals surface area contributed by atoms with E-state index < -0.39 is 0 Å². The Labute approximate surface area is 131 Å². The van der Waals surface area contributed by atoms with Crippen molar-refractivity contribution in [2.24, 2.45) is 5.92 Å². The highest BCUT2D eigenvalue weighted by molar-refractivity contribution is 5.29. The summed E-state index contributed by atoms with van der Waals surface area (Å²) in [5, 5.41) is 7.00. The molecule has 1 N–H and O–H groups in total. The lowest BCUT2D eigenvalue weighted by Gasteiger charge is -2.33. The van der Waals surface area contributed by atoms with Crippen LogP contribution in [0.25, 0.3) is 0 Å². The second-order valence-electron chi connectivity index (χ2n) is 6.66. The molecule has 0 atom stereocenters. The number of hydrogen-bond acceptors (Lipinski definition) is 2. The van der Waals surface area contributed by atoms with Crippen LogP contribution in [-0.4, -0.2) is 29.7 Å². The molecule has 0 unspecified atom stereocenters. The van der Waals surface area contributed by atoms with Gasteiger partial charge in [0.15, 0.2) is 0 Å². The van der Waals surface area contributed by atoms with Gasteiger partial charge in [0.2, 0.25) is 0 Å². The zero-order chi connectivity index (χ0) is 15.7. The van der Waals surface area contributed by atoms with E-state index in [4.69, 9.17) is 5.11 Å². The Hall–Kier alpha value is -0.860. The molecule has 0 bridgehead atoms. The second kappa shape index (κ2) is 9.97. The molecule has 1 aromatic carbocycles. The molecular weight excluding hydrogens is 258 g/mol. The topological polar surface area (TPSA) is 23.5 Å². The van der Waals surface area contributed by atoms with Crippen molar-refractivity contribution in [3.8, 4) is 0 Å². The third-order valence-electron chi connectivity index (χ3n) is 4.00. The van der Waals surface area contributed by atoms with Crippen LogP contribution in [0.3, 0.4) is 0 Å². The highest BCUT2D eigenvalue weighted by Gasteiger charge is 2.25. The first-order chi connectivity index (χ1) is 10.2. The van der Waals surface area contributed by atoms with E-state index in [1.807, 2.05) is 0 Å². The van der Waals surface area contributed by atoms with Crippen LogP contribution < -0.4 is 0 Å². The molecule has 3 rings (SSSR count). The van der Waals surface area contributed by atoms with Crippen LogP contribution in [0.5, 0.6) is 0 Å². The Balaban J connectivity index is 0.000000322. The monoisotopic (exact) mass is 291 g/mol. The predicted molar refractivity (Wildman–Crippen MR) is 91.5 cm³/mol. The second-order valence-corrected chi connectivity index (χ2v) is 6.66. The van der Waals surface area contributed by atoms with Crippen molar-refractivity contribution in [3.05, 3.63) is 35.4 Å². The Kier molecular flexibility index (Phi) is 8.63. The maximum absolute atomic E-state index is 7.00. The Morgan fingerprint density at radius 2 is 1.52 bits per heavy atom. The summed E-state index contributed by atoms with van der Waals surface area (Å²) in [6.07, 6.45) is 7.02. The first-order valence-corrected chi connectivity index (χ1v) is 8.42. The van der Waals surface area contributed by atoms with E-state index in [0.717, 1.165) is 19.1 Å². The zero-order valence-corrected chi connectivity index (χ0v) is 14.3. The van der Waals surface area contributed by atoms with Gasteiger partial charge in [0.05, 0.1) is 0 Å². The lowest BCUT2D eigenvalue weighted by molar-refractivity contribution is 0.181. The number of nitrogens with zero attached hydrogens (tertiary/aromatic N) is 1. The zero-order valence-electron chi connectivity index (χ0n) is 14.3. The fourth-order valence-corrected chi connectivity index (χ4v) is 3.10. The number of fused-ring (bicyclic) bond motifs is 1. The average molecular weight is 291 g/mol. The predicted octanol–water partition coefficient (Wildman–Crippen LogP) is 4.26. The minimum atomic E-state index is 0.833. The number of rotatable bonds is 1. The SMILES string of the molecule is CC(C)C.CO.c1ccc2c(c1)CCN(C1CCCC1)C2. The van der Waals surface area contributed by atoms with Gasteiger partial charge in [-0.05, 0) is 36.3 Å². The van der Waals surface area contributed by atoms with Crippen molar-refractivity contribution in [2.75, 3.05) is 13.7 Å². The van der Waals surface area contributed by atoms with Crippen molar-refractivity contribution in [1.29, 1.82) is 0 Å². The Morgan fingerprint density at radius 1 is 1.00 bits per heavy atom. The van der Waals surface area contributed by atoms with E-state index in [-0.39, 0.29) is 0 Å². The molecule has 21 heavy (non-hydrogen) atoms. The van der Waals surface area contributed by atoms with Gasteiger partial charge in [-0.2, -0.15) is 0 Å². The third kappa shape index (κ3) is 6.19. The summed E-state index contributed by atoms with van der Waals surface area (Å²) in [5.74, 6) is 0.833. The van der Waals surface area contributed by atoms with Crippen molar-refractivity contribution < 1.29 is 5.11 Å². The van der Waals surface area contributed by atoms with Crippen LogP contribution in [0.15, 0.2) is 24.3 Å². The Bertz CT molecular complexity index is 380. The number of benzene rings is 1. The molecule has 2 nitrogen and oxygen atoms in total. The summed E-state index contributed by atoms with van der Waals surface area (Å²) in [5.41, 5.74) is 3.14. The van der Waals surface area contributed by atoms with Crippen molar-refractivity contribution in [1.82, 2.24) is 4.90 Å². The summed E-state index contributed by atoms with van der Waals surface area (Å²) in [4.78, 5) is 2.70. The van der Waals surface area contributed by atoms with Crippen molar-refractivity contribution in [2.45, 2.75) is 65.5 Å². The third-order valence-corrected chi connectivity index (χ3v) is 4.00. The lowest BCUT2D eigenvalue weighted by Crippen LogP contribution is -2.37. The number of hydrogen-bond donors (Lipinski definition) is 1. The minimum Gasteiger partial charge on any atom is -0.400 e. The molecule has 0 amide bonds. The van der Waals surface area contributed by atoms with Gasteiger partial charge in [-0.1, -0.05) is 57.9 Å².